The van der Waals surface area contributed by atoms with Gasteiger partial charge in [-0.2, -0.15) is 0 Å². The fourth-order valence-electron chi connectivity index (χ4n) is 1.36. The first-order valence-corrected chi connectivity index (χ1v) is 5.37. The van der Waals surface area contributed by atoms with Crippen molar-refractivity contribution in [1.29, 1.82) is 0 Å². The van der Waals surface area contributed by atoms with E-state index in [4.69, 9.17) is 10.5 Å². The molecule has 1 aromatic rings. The summed E-state index contributed by atoms with van der Waals surface area (Å²) in [5, 5.41) is 2.63. The number of nitrogens with one attached hydrogen (secondary N) is 1. The Morgan fingerprint density at radius 1 is 1.41 bits per heavy atom. The third-order valence-electron chi connectivity index (χ3n) is 2.16. The van der Waals surface area contributed by atoms with Crippen LogP contribution in [0.4, 0.5) is 5.69 Å². The first-order valence-electron chi connectivity index (χ1n) is 5.37. The summed E-state index contributed by atoms with van der Waals surface area (Å²) in [6.45, 7) is 3.21. The van der Waals surface area contributed by atoms with E-state index in [0.717, 1.165) is 0 Å². The Labute approximate surface area is 99.9 Å². The second kappa shape index (κ2) is 5.89. The van der Waals surface area contributed by atoms with Crippen LogP contribution < -0.4 is 15.8 Å². The van der Waals surface area contributed by atoms with Gasteiger partial charge in [0.05, 0.1) is 5.69 Å². The SMILES string of the molecule is CCC(Oc1ccccc1NC(C)=O)C(N)=O. The molecule has 5 nitrogen and oxygen atoms in total. The number of nitrogens with two attached hydrogens (primary N) is 1. The average Bonchev–Trinajstić information content (AvgIpc) is 2.26. The summed E-state index contributed by atoms with van der Waals surface area (Å²) in [7, 11) is 0. The number of rotatable bonds is 5. The molecule has 3 N–H and O–H groups in total. The lowest BCUT2D eigenvalue weighted by Gasteiger charge is -2.16. The van der Waals surface area contributed by atoms with Gasteiger partial charge < -0.3 is 15.8 Å². The normalized spacial score (nSPS) is 11.6. The predicted molar refractivity (Wildman–Crippen MR) is 64.6 cm³/mol. The van der Waals surface area contributed by atoms with Gasteiger partial charge >= 0.3 is 0 Å². The maximum atomic E-state index is 11.1. The first-order chi connectivity index (χ1) is 8.04. The molecule has 2 amide bonds. The smallest absolute Gasteiger partial charge is 0.258 e. The molecule has 0 fully saturated rings. The van der Waals surface area contributed by atoms with E-state index < -0.39 is 12.0 Å². The van der Waals surface area contributed by atoms with Crippen LogP contribution in [-0.2, 0) is 9.59 Å². The van der Waals surface area contributed by atoms with Gasteiger partial charge in [-0.25, -0.2) is 0 Å². The van der Waals surface area contributed by atoms with Gasteiger partial charge in [-0.1, -0.05) is 19.1 Å². The van der Waals surface area contributed by atoms with E-state index in [9.17, 15) is 9.59 Å². The molecule has 1 aromatic carbocycles. The summed E-state index contributed by atoms with van der Waals surface area (Å²) < 4.78 is 5.47. The van der Waals surface area contributed by atoms with Gasteiger partial charge in [-0.3, -0.25) is 9.59 Å². The molecule has 0 aliphatic heterocycles. The van der Waals surface area contributed by atoms with Crippen LogP contribution in [0.15, 0.2) is 24.3 Å². The zero-order valence-corrected chi connectivity index (χ0v) is 9.90. The summed E-state index contributed by atoms with van der Waals surface area (Å²) in [6.07, 6.45) is -0.214. The Morgan fingerprint density at radius 3 is 2.59 bits per heavy atom. The second-order valence-electron chi connectivity index (χ2n) is 3.59. The van der Waals surface area contributed by atoms with Crippen LogP contribution >= 0.6 is 0 Å². The van der Waals surface area contributed by atoms with E-state index in [-0.39, 0.29) is 5.91 Å². The standard InChI is InChI=1S/C12H16N2O3/c1-3-10(12(13)16)17-11-7-5-4-6-9(11)14-8(2)15/h4-7,10H,3H2,1-2H3,(H2,13,16)(H,14,15). The number of hydrogen-bond acceptors (Lipinski definition) is 3. The summed E-state index contributed by atoms with van der Waals surface area (Å²) in [5.74, 6) is -0.286. The highest BCUT2D eigenvalue weighted by molar-refractivity contribution is 5.90. The van der Waals surface area contributed by atoms with Crippen molar-refractivity contribution < 1.29 is 14.3 Å². The van der Waals surface area contributed by atoms with Gasteiger partial charge in [0, 0.05) is 6.92 Å². The molecule has 0 aliphatic carbocycles. The molecule has 0 saturated heterocycles. The van der Waals surface area contributed by atoms with E-state index in [1.54, 1.807) is 31.2 Å². The van der Waals surface area contributed by atoms with Crippen molar-refractivity contribution in [3.05, 3.63) is 24.3 Å². The molecule has 92 valence electrons. The van der Waals surface area contributed by atoms with Gasteiger partial charge in [-0.05, 0) is 18.6 Å². The Bertz CT molecular complexity index is 418. The lowest BCUT2D eigenvalue weighted by molar-refractivity contribution is -0.124. The summed E-state index contributed by atoms with van der Waals surface area (Å²) >= 11 is 0. The van der Waals surface area contributed by atoms with Gasteiger partial charge in [-0.15, -0.1) is 0 Å². The van der Waals surface area contributed by atoms with Crippen LogP contribution in [0.3, 0.4) is 0 Å². The van der Waals surface area contributed by atoms with E-state index in [1.807, 2.05) is 0 Å². The van der Waals surface area contributed by atoms with Crippen LogP contribution in [0.2, 0.25) is 0 Å². The molecular formula is C12H16N2O3. The zero-order chi connectivity index (χ0) is 12.8. The predicted octanol–water partition coefficient (Wildman–Crippen LogP) is 1.29. The van der Waals surface area contributed by atoms with Crippen molar-refractivity contribution in [3.63, 3.8) is 0 Å². The quantitative estimate of drug-likeness (QED) is 0.808. The number of anilines is 1. The van der Waals surface area contributed by atoms with E-state index in [0.29, 0.717) is 17.9 Å². The van der Waals surface area contributed by atoms with Crippen LogP contribution in [0.5, 0.6) is 5.75 Å². The molecule has 0 spiro atoms. The van der Waals surface area contributed by atoms with Gasteiger partial charge in [0.2, 0.25) is 5.91 Å². The van der Waals surface area contributed by atoms with Crippen LogP contribution in [0, 0.1) is 0 Å². The highest BCUT2D eigenvalue weighted by Crippen LogP contribution is 2.25. The van der Waals surface area contributed by atoms with Crippen molar-refractivity contribution in [2.24, 2.45) is 5.73 Å². The van der Waals surface area contributed by atoms with Crippen molar-refractivity contribution in [1.82, 2.24) is 0 Å². The Morgan fingerprint density at radius 2 is 2.06 bits per heavy atom. The first kappa shape index (κ1) is 13.0. The summed E-state index contributed by atoms with van der Waals surface area (Å²) in [4.78, 5) is 22.1. The van der Waals surface area contributed by atoms with E-state index >= 15 is 0 Å². The molecule has 0 saturated carbocycles. The van der Waals surface area contributed by atoms with E-state index in [2.05, 4.69) is 5.32 Å². The topological polar surface area (TPSA) is 81.4 Å². The molecule has 0 radical (unpaired) electrons. The fourth-order valence-corrected chi connectivity index (χ4v) is 1.36. The van der Waals surface area contributed by atoms with Crippen molar-refractivity contribution in [3.8, 4) is 5.75 Å². The Balaban J connectivity index is 2.89. The number of hydrogen-bond donors (Lipinski definition) is 2. The number of carbonyl (C=O) groups excluding carboxylic acids is 2. The zero-order valence-electron chi connectivity index (χ0n) is 9.90. The third-order valence-corrected chi connectivity index (χ3v) is 2.16. The second-order valence-corrected chi connectivity index (χ2v) is 3.59. The monoisotopic (exact) mass is 236 g/mol. The molecule has 1 rings (SSSR count). The minimum absolute atomic E-state index is 0.201. The molecule has 1 atom stereocenters. The lowest BCUT2D eigenvalue weighted by Crippen LogP contribution is -2.33. The minimum Gasteiger partial charge on any atom is -0.478 e. The van der Waals surface area contributed by atoms with E-state index in [1.165, 1.54) is 6.92 Å². The van der Waals surface area contributed by atoms with Crippen molar-refractivity contribution in [2.75, 3.05) is 5.32 Å². The molecule has 17 heavy (non-hydrogen) atoms. The Hall–Kier alpha value is -2.04. The number of ether oxygens (including phenoxy) is 1. The third kappa shape index (κ3) is 3.79. The molecule has 1 unspecified atom stereocenters. The minimum atomic E-state index is -0.690. The Kier molecular flexibility index (Phi) is 4.51. The summed E-state index contributed by atoms with van der Waals surface area (Å²) in [5.41, 5.74) is 5.72. The molecule has 5 heteroatoms. The van der Waals surface area contributed by atoms with Gasteiger partial charge in [0.25, 0.3) is 5.91 Å². The summed E-state index contributed by atoms with van der Waals surface area (Å²) in [6, 6.07) is 6.90. The number of carbonyl (C=O) groups is 2. The largest absolute Gasteiger partial charge is 0.478 e. The molecule has 0 aliphatic rings. The highest BCUT2D eigenvalue weighted by Gasteiger charge is 2.16. The molecule has 0 aromatic heterocycles. The van der Waals surface area contributed by atoms with Crippen molar-refractivity contribution in [2.45, 2.75) is 26.4 Å². The van der Waals surface area contributed by atoms with Gasteiger partial charge in [0.15, 0.2) is 6.10 Å². The highest BCUT2D eigenvalue weighted by atomic mass is 16.5. The maximum absolute atomic E-state index is 11.1. The van der Waals surface area contributed by atoms with Crippen molar-refractivity contribution >= 4 is 17.5 Å². The van der Waals surface area contributed by atoms with Crippen LogP contribution in [0.25, 0.3) is 0 Å². The number of benzene rings is 1. The van der Waals surface area contributed by atoms with Crippen LogP contribution in [0.1, 0.15) is 20.3 Å². The molecular weight excluding hydrogens is 220 g/mol. The number of amides is 2. The number of primary amides is 1. The van der Waals surface area contributed by atoms with Gasteiger partial charge in [0.1, 0.15) is 5.75 Å². The fraction of sp³-hybridized carbons (Fsp3) is 0.333. The lowest BCUT2D eigenvalue weighted by atomic mass is 10.2. The molecule has 0 heterocycles. The maximum Gasteiger partial charge on any atom is 0.258 e. The number of para-hydroxylation sites is 2. The molecule has 0 bridgehead atoms. The average molecular weight is 236 g/mol. The van der Waals surface area contributed by atoms with Crippen LogP contribution in [-0.4, -0.2) is 17.9 Å².